The zero-order valence-electron chi connectivity index (χ0n) is 19.7. The van der Waals surface area contributed by atoms with Gasteiger partial charge in [0.15, 0.2) is 0 Å². The summed E-state index contributed by atoms with van der Waals surface area (Å²) in [4.78, 5) is 0. The highest BCUT2D eigenvalue weighted by Crippen LogP contribution is 2.22. The van der Waals surface area contributed by atoms with Gasteiger partial charge in [-0.05, 0) is 38.9 Å². The van der Waals surface area contributed by atoms with Gasteiger partial charge in [-0.25, -0.2) is 0 Å². The molecule has 0 amide bonds. The largest absolute Gasteiger partial charge is 0.357 e. The Morgan fingerprint density at radius 2 is 0.667 bits per heavy atom. The quantitative estimate of drug-likeness (QED) is 0.257. The summed E-state index contributed by atoms with van der Waals surface area (Å²) in [5.41, 5.74) is 0. The molecule has 1 fully saturated rings. The van der Waals surface area contributed by atoms with Gasteiger partial charge in [0.1, 0.15) is 0 Å². The third-order valence-electron chi connectivity index (χ3n) is 6.69. The molecule has 3 nitrogen and oxygen atoms in total. The van der Waals surface area contributed by atoms with Crippen molar-refractivity contribution in [2.75, 3.05) is 19.6 Å². The molecule has 0 bridgehead atoms. The van der Waals surface area contributed by atoms with Crippen LogP contribution in [0, 0.1) is 0 Å². The van der Waals surface area contributed by atoms with Crippen LogP contribution in [0.4, 0.5) is 0 Å². The first-order valence-electron chi connectivity index (χ1n) is 12.4. The second-order valence-corrected chi connectivity index (χ2v) is 8.79. The second-order valence-electron chi connectivity index (χ2n) is 8.79. The predicted molar refractivity (Wildman–Crippen MR) is 127 cm³/mol. The van der Waals surface area contributed by atoms with E-state index in [-0.39, 0.29) is 0 Å². The van der Waals surface area contributed by atoms with Crippen molar-refractivity contribution in [1.82, 2.24) is 14.2 Å². The number of rotatable bonds is 15. The van der Waals surface area contributed by atoms with Crippen LogP contribution < -0.4 is 0 Å². The Morgan fingerprint density at radius 1 is 0.407 bits per heavy atom. The van der Waals surface area contributed by atoms with Crippen molar-refractivity contribution in [1.29, 1.82) is 0 Å². The van der Waals surface area contributed by atoms with Gasteiger partial charge in [-0.3, -0.25) is 0 Å². The topological polar surface area (TPSA) is 9.72 Å². The molecule has 27 heavy (non-hydrogen) atoms. The molecule has 1 aliphatic heterocycles. The highest BCUT2D eigenvalue weighted by atomic mass is 15.3. The minimum Gasteiger partial charge on any atom is -0.357 e. The summed E-state index contributed by atoms with van der Waals surface area (Å²) in [6, 6.07) is 0. The Balaban J connectivity index is 2.71. The molecule has 0 unspecified atom stereocenters. The van der Waals surface area contributed by atoms with Gasteiger partial charge in [0.25, 0.3) is 20.9 Å². The zero-order chi connectivity index (χ0) is 20.1. The van der Waals surface area contributed by atoms with E-state index in [2.05, 4.69) is 55.4 Å². The fourth-order valence-electron chi connectivity index (χ4n) is 4.79. The number of hydrogen-bond donors (Lipinski definition) is 0. The monoisotopic (exact) mass is 375 g/mol. The average Bonchev–Trinajstić information content (AvgIpc) is 2.66. The molecule has 6 heteroatoms. The molecular formula is C21H48B3N3. The molecule has 1 saturated heterocycles. The van der Waals surface area contributed by atoms with Crippen molar-refractivity contribution in [2.24, 2.45) is 0 Å². The Labute approximate surface area is 173 Å². The molecule has 156 valence electrons. The van der Waals surface area contributed by atoms with E-state index in [4.69, 9.17) is 0 Å². The van der Waals surface area contributed by atoms with Crippen molar-refractivity contribution < 1.29 is 0 Å². The first-order valence-corrected chi connectivity index (χ1v) is 12.4. The molecule has 1 aliphatic rings. The van der Waals surface area contributed by atoms with Gasteiger partial charge in [0.05, 0.1) is 0 Å². The predicted octanol–water partition coefficient (Wildman–Crippen LogP) is 6.00. The molecule has 1 rings (SSSR count). The molecule has 0 aromatic rings. The van der Waals surface area contributed by atoms with Crippen molar-refractivity contribution in [3.63, 3.8) is 0 Å². The Morgan fingerprint density at radius 3 is 0.889 bits per heavy atom. The molecule has 0 radical (unpaired) electrons. The van der Waals surface area contributed by atoms with E-state index in [0.717, 1.165) is 0 Å². The van der Waals surface area contributed by atoms with Crippen LogP contribution in [-0.2, 0) is 0 Å². The van der Waals surface area contributed by atoms with Gasteiger partial charge in [-0.1, -0.05) is 99.0 Å². The van der Waals surface area contributed by atoms with Crippen LogP contribution in [0.5, 0.6) is 0 Å². The molecule has 0 aromatic heterocycles. The van der Waals surface area contributed by atoms with E-state index < -0.39 is 0 Å². The zero-order valence-corrected chi connectivity index (χ0v) is 19.7. The van der Waals surface area contributed by atoms with Gasteiger partial charge in [-0.15, -0.1) is 0 Å². The van der Waals surface area contributed by atoms with E-state index in [0.29, 0.717) is 20.9 Å². The Hall–Kier alpha value is 0.0748. The highest BCUT2D eigenvalue weighted by molar-refractivity contribution is 6.84. The lowest BCUT2D eigenvalue weighted by Crippen LogP contribution is -2.75. The van der Waals surface area contributed by atoms with Crippen LogP contribution in [-0.4, -0.2) is 54.7 Å². The maximum Gasteiger partial charge on any atom is 0.286 e. The van der Waals surface area contributed by atoms with Crippen LogP contribution in [0.3, 0.4) is 0 Å². The van der Waals surface area contributed by atoms with E-state index in [1.807, 2.05) is 0 Å². The molecule has 0 aliphatic carbocycles. The van der Waals surface area contributed by atoms with E-state index >= 15 is 0 Å². The molecule has 1 heterocycles. The van der Waals surface area contributed by atoms with Crippen molar-refractivity contribution >= 4 is 20.9 Å². The fraction of sp³-hybridized carbons (Fsp3) is 1.00. The SMILES string of the molecule is CCCCCCN1B(C)N(CCCCCC)B(C)N(CCCCCC)B1C. The van der Waals surface area contributed by atoms with Crippen LogP contribution in [0.2, 0.25) is 20.5 Å². The van der Waals surface area contributed by atoms with Crippen LogP contribution in [0.15, 0.2) is 0 Å². The molecule has 0 aromatic carbocycles. The van der Waals surface area contributed by atoms with Gasteiger partial charge in [0, 0.05) is 0 Å². The highest BCUT2D eigenvalue weighted by Gasteiger charge is 2.45. The summed E-state index contributed by atoms with van der Waals surface area (Å²) in [6.07, 6.45) is 16.3. The first kappa shape index (κ1) is 25.1. The Bertz CT molecular complexity index is 295. The number of nitrogens with zero attached hydrogens (tertiary/aromatic N) is 3. The number of unbranched alkanes of at least 4 members (excludes halogenated alkanes) is 9. The summed E-state index contributed by atoms with van der Waals surface area (Å²) in [7, 11) is 0. The lowest BCUT2D eigenvalue weighted by atomic mass is 9.44. The minimum atomic E-state index is 0.574. The molecular weight excluding hydrogens is 327 g/mol. The fourth-order valence-corrected chi connectivity index (χ4v) is 4.79. The summed E-state index contributed by atoms with van der Waals surface area (Å²) in [5, 5.41) is 0. The normalized spacial score (nSPS) is 17.3. The number of hydrogen-bond acceptors (Lipinski definition) is 3. The standard InChI is InChI=1S/C21H48B3N3/c1-7-10-13-16-19-25-22(4)26(20-17-14-11-8-2)24(6)27(23(25)5)21-18-15-12-9-3/h7-21H2,1-6H3. The smallest absolute Gasteiger partial charge is 0.286 e. The third-order valence-corrected chi connectivity index (χ3v) is 6.69. The van der Waals surface area contributed by atoms with Crippen molar-refractivity contribution in [3.8, 4) is 0 Å². The first-order chi connectivity index (χ1) is 13.1. The summed E-state index contributed by atoms with van der Waals surface area (Å²) >= 11 is 0. The van der Waals surface area contributed by atoms with E-state index in [9.17, 15) is 0 Å². The summed E-state index contributed by atoms with van der Waals surface area (Å²) < 4.78 is 8.36. The second kappa shape index (κ2) is 15.0. The summed E-state index contributed by atoms with van der Waals surface area (Å²) in [6.45, 7) is 19.8. The minimum absolute atomic E-state index is 0.574. The molecule has 0 atom stereocenters. The van der Waals surface area contributed by atoms with Crippen LogP contribution in [0.25, 0.3) is 0 Å². The molecule has 0 saturated carbocycles. The van der Waals surface area contributed by atoms with Gasteiger partial charge in [-0.2, -0.15) is 0 Å². The van der Waals surface area contributed by atoms with Gasteiger partial charge >= 0.3 is 0 Å². The average molecular weight is 375 g/mol. The lowest BCUT2D eigenvalue weighted by Gasteiger charge is -2.52. The van der Waals surface area contributed by atoms with E-state index in [1.54, 1.807) is 0 Å². The van der Waals surface area contributed by atoms with Crippen molar-refractivity contribution in [3.05, 3.63) is 0 Å². The van der Waals surface area contributed by atoms with Gasteiger partial charge in [0.2, 0.25) is 0 Å². The molecule has 0 N–H and O–H groups in total. The van der Waals surface area contributed by atoms with E-state index in [1.165, 1.54) is 96.7 Å². The maximum absolute atomic E-state index is 2.79. The van der Waals surface area contributed by atoms with Gasteiger partial charge < -0.3 is 14.2 Å². The maximum atomic E-state index is 2.79. The van der Waals surface area contributed by atoms with Crippen LogP contribution in [0.1, 0.15) is 97.8 Å². The Kier molecular flexibility index (Phi) is 13.9. The van der Waals surface area contributed by atoms with Crippen molar-refractivity contribution in [2.45, 2.75) is 118 Å². The van der Waals surface area contributed by atoms with Crippen LogP contribution >= 0.6 is 0 Å². The third kappa shape index (κ3) is 8.54. The summed E-state index contributed by atoms with van der Waals surface area (Å²) in [5.74, 6) is 0. The molecule has 0 spiro atoms. The lowest BCUT2D eigenvalue weighted by molar-refractivity contribution is 0.410.